The van der Waals surface area contributed by atoms with Gasteiger partial charge in [-0.3, -0.25) is 4.79 Å². The lowest BCUT2D eigenvalue weighted by Gasteiger charge is -2.01. The minimum Gasteiger partial charge on any atom is -0.481 e. The van der Waals surface area contributed by atoms with E-state index in [9.17, 15) is 4.79 Å². The summed E-state index contributed by atoms with van der Waals surface area (Å²) in [5, 5.41) is 8.91. The van der Waals surface area contributed by atoms with E-state index in [0.717, 1.165) is 12.3 Å². The van der Waals surface area contributed by atoms with Crippen molar-refractivity contribution in [2.75, 3.05) is 0 Å². The Balaban J connectivity index is 2.06. The van der Waals surface area contributed by atoms with Crippen molar-refractivity contribution in [2.24, 2.45) is 23.2 Å². The Kier molecular flexibility index (Phi) is 0.582. The Morgan fingerprint density at radius 2 is 2.00 bits per heavy atom. The van der Waals surface area contributed by atoms with Crippen LogP contribution in [0.3, 0.4) is 0 Å². The minimum absolute atomic E-state index is 0.190. The fourth-order valence-electron chi connectivity index (χ4n) is 3.52. The van der Waals surface area contributed by atoms with Gasteiger partial charge in [-0.2, -0.15) is 0 Å². The zero-order valence-electron chi connectivity index (χ0n) is 5.71. The van der Waals surface area contributed by atoms with E-state index in [2.05, 4.69) is 0 Å². The van der Waals surface area contributed by atoms with Crippen LogP contribution < -0.4 is 0 Å². The van der Waals surface area contributed by atoms with Gasteiger partial charge < -0.3 is 5.11 Å². The lowest BCUT2D eigenvalue weighted by Crippen LogP contribution is -2.14. The van der Waals surface area contributed by atoms with Crippen LogP contribution in [-0.4, -0.2) is 11.1 Å². The van der Waals surface area contributed by atoms with Gasteiger partial charge in [-0.05, 0) is 37.0 Å². The van der Waals surface area contributed by atoms with Crippen LogP contribution in [-0.2, 0) is 4.79 Å². The van der Waals surface area contributed by atoms with Crippen LogP contribution in [0.1, 0.15) is 19.3 Å². The van der Waals surface area contributed by atoms with E-state index < -0.39 is 5.97 Å². The van der Waals surface area contributed by atoms with Crippen LogP contribution in [0.5, 0.6) is 0 Å². The van der Waals surface area contributed by atoms with Gasteiger partial charge in [0.2, 0.25) is 0 Å². The number of carbonyl (C=O) groups is 1. The van der Waals surface area contributed by atoms with Crippen molar-refractivity contribution in [1.29, 1.82) is 0 Å². The van der Waals surface area contributed by atoms with E-state index in [1.54, 1.807) is 0 Å². The molecule has 2 atom stereocenters. The van der Waals surface area contributed by atoms with Crippen molar-refractivity contribution >= 4 is 5.97 Å². The Bertz CT molecular complexity index is 209. The van der Waals surface area contributed by atoms with E-state index in [1.165, 1.54) is 12.8 Å². The third-order valence-corrected chi connectivity index (χ3v) is 3.90. The lowest BCUT2D eigenvalue weighted by molar-refractivity contribution is -0.143. The van der Waals surface area contributed by atoms with E-state index in [1.807, 2.05) is 0 Å². The molecule has 4 fully saturated rings. The molecule has 0 saturated heterocycles. The van der Waals surface area contributed by atoms with E-state index in [0.29, 0.717) is 11.8 Å². The molecule has 0 amide bonds. The second-order valence-corrected chi connectivity index (χ2v) is 4.10. The fourth-order valence-corrected chi connectivity index (χ4v) is 3.52. The summed E-state index contributed by atoms with van der Waals surface area (Å²) in [5.41, 5.74) is -0.190. The highest BCUT2D eigenvalue weighted by molar-refractivity contribution is 5.81. The fraction of sp³-hybridized carbons (Fsp3) is 0.875. The van der Waals surface area contributed by atoms with Crippen LogP contribution in [0.2, 0.25) is 0 Å². The molecule has 0 aromatic heterocycles. The molecule has 1 N–H and O–H groups in total. The molecule has 10 heavy (non-hydrogen) atoms. The summed E-state index contributed by atoms with van der Waals surface area (Å²) in [6.45, 7) is 0. The number of carboxylic acid groups (broad SMARTS) is 1. The Labute approximate surface area is 59.2 Å². The van der Waals surface area contributed by atoms with E-state index >= 15 is 0 Å². The normalized spacial score (nSPS) is 61.0. The minimum atomic E-state index is -0.512. The highest BCUT2D eigenvalue weighted by Gasteiger charge is 2.78. The molecule has 0 radical (unpaired) electrons. The number of hydrogen-bond acceptors (Lipinski definition) is 1. The van der Waals surface area contributed by atoms with E-state index in [4.69, 9.17) is 5.11 Å². The zero-order valence-corrected chi connectivity index (χ0v) is 5.71. The SMILES string of the molecule is O=C(O)C12CC3C[C@H]1[C@@H]2C3. The summed E-state index contributed by atoms with van der Waals surface area (Å²) in [4.78, 5) is 10.8. The Morgan fingerprint density at radius 1 is 1.40 bits per heavy atom. The van der Waals surface area contributed by atoms with Gasteiger partial charge in [0.15, 0.2) is 0 Å². The third kappa shape index (κ3) is 0.297. The van der Waals surface area contributed by atoms with Gasteiger partial charge in [0.05, 0.1) is 5.41 Å². The zero-order chi connectivity index (χ0) is 6.93. The number of rotatable bonds is 1. The monoisotopic (exact) mass is 138 g/mol. The lowest BCUT2D eigenvalue weighted by atomic mass is 10.1. The molecular formula is C8H10O2. The van der Waals surface area contributed by atoms with Gasteiger partial charge in [0.1, 0.15) is 0 Å². The number of aliphatic carboxylic acids is 1. The van der Waals surface area contributed by atoms with Gasteiger partial charge >= 0.3 is 5.97 Å². The second-order valence-electron chi connectivity index (χ2n) is 4.10. The third-order valence-electron chi connectivity index (χ3n) is 3.90. The van der Waals surface area contributed by atoms with Crippen molar-refractivity contribution in [3.8, 4) is 0 Å². The summed E-state index contributed by atoms with van der Waals surface area (Å²) in [6, 6.07) is 0. The summed E-state index contributed by atoms with van der Waals surface area (Å²) in [7, 11) is 0. The van der Waals surface area contributed by atoms with Crippen LogP contribution in [0.25, 0.3) is 0 Å². The molecule has 4 bridgehead atoms. The average molecular weight is 138 g/mol. The molecular weight excluding hydrogens is 128 g/mol. The van der Waals surface area contributed by atoms with Gasteiger partial charge in [-0.25, -0.2) is 0 Å². The molecule has 0 unspecified atom stereocenters. The van der Waals surface area contributed by atoms with Crippen molar-refractivity contribution < 1.29 is 9.90 Å². The molecule has 4 aliphatic rings. The van der Waals surface area contributed by atoms with Crippen LogP contribution in [0, 0.1) is 23.2 Å². The maximum absolute atomic E-state index is 10.8. The quantitative estimate of drug-likeness (QED) is 0.589. The highest BCUT2D eigenvalue weighted by Crippen LogP contribution is 2.79. The van der Waals surface area contributed by atoms with Gasteiger partial charge in [-0.15, -0.1) is 0 Å². The topological polar surface area (TPSA) is 37.3 Å². The maximum atomic E-state index is 10.8. The van der Waals surface area contributed by atoms with Crippen molar-refractivity contribution in [3.63, 3.8) is 0 Å². The molecule has 4 rings (SSSR count). The van der Waals surface area contributed by atoms with Crippen LogP contribution >= 0.6 is 0 Å². The first-order valence-corrected chi connectivity index (χ1v) is 3.98. The predicted molar refractivity (Wildman–Crippen MR) is 34.4 cm³/mol. The first-order chi connectivity index (χ1) is 4.75. The van der Waals surface area contributed by atoms with Gasteiger partial charge in [-0.1, -0.05) is 0 Å². The second kappa shape index (κ2) is 1.13. The molecule has 2 heteroatoms. The molecule has 0 heterocycles. The first-order valence-electron chi connectivity index (χ1n) is 3.98. The number of carboxylic acids is 1. The summed E-state index contributed by atoms with van der Waals surface area (Å²) < 4.78 is 0. The molecule has 54 valence electrons. The number of hydrogen-bond donors (Lipinski definition) is 1. The average Bonchev–Trinajstić information content (AvgIpc) is 2.42. The van der Waals surface area contributed by atoms with Crippen molar-refractivity contribution in [2.45, 2.75) is 19.3 Å². The largest absolute Gasteiger partial charge is 0.481 e. The molecule has 0 spiro atoms. The van der Waals surface area contributed by atoms with E-state index in [-0.39, 0.29) is 5.41 Å². The first kappa shape index (κ1) is 5.16. The standard InChI is InChI=1S/C8H10O2/c9-7(10)8-3-4-1-5(8)6(8)2-4/h4-6H,1-3H2,(H,9,10)/t4?,5-,6-,8?/m0/s1. The van der Waals surface area contributed by atoms with Crippen LogP contribution in [0.15, 0.2) is 0 Å². The summed E-state index contributed by atoms with van der Waals surface area (Å²) in [5.74, 6) is 1.46. The Morgan fingerprint density at radius 3 is 2.20 bits per heavy atom. The molecule has 4 aliphatic carbocycles. The Hall–Kier alpha value is -0.530. The smallest absolute Gasteiger partial charge is 0.310 e. The molecule has 0 aliphatic heterocycles. The predicted octanol–water partition coefficient (Wildman–Crippen LogP) is 1.12. The summed E-state index contributed by atoms with van der Waals surface area (Å²) >= 11 is 0. The van der Waals surface area contributed by atoms with Crippen LogP contribution in [0.4, 0.5) is 0 Å². The van der Waals surface area contributed by atoms with Crippen molar-refractivity contribution in [1.82, 2.24) is 0 Å². The summed E-state index contributed by atoms with van der Waals surface area (Å²) in [6.07, 6.45) is 3.44. The van der Waals surface area contributed by atoms with Crippen molar-refractivity contribution in [3.05, 3.63) is 0 Å². The molecule has 0 aromatic carbocycles. The van der Waals surface area contributed by atoms with Gasteiger partial charge in [0, 0.05) is 0 Å². The van der Waals surface area contributed by atoms with Gasteiger partial charge in [0.25, 0.3) is 0 Å². The molecule has 0 aromatic rings. The maximum Gasteiger partial charge on any atom is 0.310 e. The molecule has 4 saturated carbocycles. The molecule has 2 nitrogen and oxygen atoms in total. The highest BCUT2D eigenvalue weighted by atomic mass is 16.4.